The van der Waals surface area contributed by atoms with Crippen LogP contribution in [0.25, 0.3) is 0 Å². The number of anilines is 1. The predicted octanol–water partition coefficient (Wildman–Crippen LogP) is 3.73. The van der Waals surface area contributed by atoms with Crippen LogP contribution < -0.4 is 10.6 Å². The van der Waals surface area contributed by atoms with Crippen LogP contribution in [0.5, 0.6) is 0 Å². The van der Waals surface area contributed by atoms with Gasteiger partial charge in [0.05, 0.1) is 17.8 Å². The third kappa shape index (κ3) is 4.21. The highest BCUT2D eigenvalue weighted by molar-refractivity contribution is 7.80. The Balaban J connectivity index is 1.52. The maximum atomic E-state index is 12.6. The molecule has 0 aliphatic carbocycles. The third-order valence-corrected chi connectivity index (χ3v) is 5.75. The van der Waals surface area contributed by atoms with Gasteiger partial charge in [-0.2, -0.15) is 0 Å². The van der Waals surface area contributed by atoms with Crippen molar-refractivity contribution in [1.82, 2.24) is 19.8 Å². The molecule has 1 amide bonds. The highest BCUT2D eigenvalue weighted by atomic mass is 32.1. The van der Waals surface area contributed by atoms with Gasteiger partial charge in [-0.15, -0.1) is 0 Å². The van der Waals surface area contributed by atoms with Gasteiger partial charge in [-0.1, -0.05) is 23.8 Å². The first-order chi connectivity index (χ1) is 14.5. The van der Waals surface area contributed by atoms with Crippen molar-refractivity contribution in [2.24, 2.45) is 7.05 Å². The first kappa shape index (κ1) is 20.1. The molecular weight excluding hydrogens is 394 g/mol. The summed E-state index contributed by atoms with van der Waals surface area (Å²) >= 11 is 5.65. The molecule has 0 radical (unpaired) electrons. The van der Waals surface area contributed by atoms with Crippen LogP contribution in [0.3, 0.4) is 0 Å². The zero-order chi connectivity index (χ0) is 21.1. The van der Waals surface area contributed by atoms with E-state index in [2.05, 4.69) is 31.2 Å². The van der Waals surface area contributed by atoms with E-state index in [1.54, 1.807) is 6.20 Å². The van der Waals surface area contributed by atoms with E-state index in [1.807, 2.05) is 68.7 Å². The molecular formula is C23H25N5OS. The molecule has 2 N–H and O–H groups in total. The number of carbonyl (C=O) groups is 1. The second kappa shape index (κ2) is 8.67. The summed E-state index contributed by atoms with van der Waals surface area (Å²) in [5.41, 5.74) is 4.01. The van der Waals surface area contributed by atoms with Gasteiger partial charge in [-0.25, -0.2) is 0 Å². The number of carbonyl (C=O) groups excluding carboxylic acids is 1. The van der Waals surface area contributed by atoms with Gasteiger partial charge in [0, 0.05) is 43.8 Å². The Hall–Kier alpha value is -3.19. The SMILES string of the molecule is Cc1ccc(NC(=O)CCN2C(=S)N[C@@H](c3ccccn3)[C@@H]2c2cccn2C)cc1. The molecule has 30 heavy (non-hydrogen) atoms. The largest absolute Gasteiger partial charge is 0.353 e. The second-order valence-electron chi connectivity index (χ2n) is 7.53. The van der Waals surface area contributed by atoms with E-state index in [9.17, 15) is 4.79 Å². The minimum Gasteiger partial charge on any atom is -0.353 e. The van der Waals surface area contributed by atoms with Crippen LogP contribution in [0.1, 0.15) is 35.5 Å². The molecule has 2 aromatic heterocycles. The molecule has 154 valence electrons. The van der Waals surface area contributed by atoms with E-state index in [1.165, 1.54) is 0 Å². The zero-order valence-corrected chi connectivity index (χ0v) is 17.9. The summed E-state index contributed by atoms with van der Waals surface area (Å²) in [6.07, 6.45) is 4.15. The maximum absolute atomic E-state index is 12.6. The average Bonchev–Trinajstić information content (AvgIpc) is 3.31. The lowest BCUT2D eigenvalue weighted by Crippen LogP contribution is -2.33. The monoisotopic (exact) mass is 419 g/mol. The van der Waals surface area contributed by atoms with Crippen LogP contribution in [-0.4, -0.2) is 32.0 Å². The number of pyridine rings is 1. The molecule has 4 rings (SSSR count). The van der Waals surface area contributed by atoms with Crippen LogP contribution in [0.4, 0.5) is 5.69 Å². The summed E-state index contributed by atoms with van der Waals surface area (Å²) in [6, 6.07) is 17.7. The summed E-state index contributed by atoms with van der Waals surface area (Å²) in [5.74, 6) is -0.0337. The molecule has 0 bridgehead atoms. The molecule has 3 aromatic rings. The van der Waals surface area contributed by atoms with Gasteiger partial charge < -0.3 is 20.1 Å². The van der Waals surface area contributed by atoms with Crippen molar-refractivity contribution in [3.63, 3.8) is 0 Å². The smallest absolute Gasteiger partial charge is 0.226 e. The summed E-state index contributed by atoms with van der Waals surface area (Å²) in [4.78, 5) is 19.2. The third-order valence-electron chi connectivity index (χ3n) is 5.40. The van der Waals surface area contributed by atoms with Crippen molar-refractivity contribution in [3.8, 4) is 0 Å². The molecule has 7 heteroatoms. The van der Waals surface area contributed by atoms with Gasteiger partial charge in [0.15, 0.2) is 5.11 Å². The van der Waals surface area contributed by atoms with Crippen LogP contribution in [-0.2, 0) is 11.8 Å². The number of amides is 1. The molecule has 1 aliphatic rings. The van der Waals surface area contributed by atoms with E-state index in [0.717, 1.165) is 22.6 Å². The Morgan fingerprint density at radius 1 is 1.17 bits per heavy atom. The standard InChI is InChI=1S/C23H25N5OS/c1-16-8-10-17(11-9-16)25-20(29)12-15-28-22(19-7-5-14-27(19)2)21(26-23(28)30)18-6-3-4-13-24-18/h3-11,13-14,21-22H,12,15H2,1-2H3,(H,25,29)(H,26,30)/t21-,22-/m0/s1. The number of nitrogens with one attached hydrogen (secondary N) is 2. The van der Waals surface area contributed by atoms with Crippen molar-refractivity contribution >= 4 is 28.9 Å². The van der Waals surface area contributed by atoms with E-state index < -0.39 is 0 Å². The topological polar surface area (TPSA) is 62.2 Å². The zero-order valence-electron chi connectivity index (χ0n) is 17.1. The van der Waals surface area contributed by atoms with Crippen LogP contribution in [0, 0.1) is 6.92 Å². The maximum Gasteiger partial charge on any atom is 0.226 e. The molecule has 1 aliphatic heterocycles. The van der Waals surface area contributed by atoms with Crippen LogP contribution in [0.2, 0.25) is 0 Å². The number of hydrogen-bond acceptors (Lipinski definition) is 3. The Morgan fingerprint density at radius 2 is 1.97 bits per heavy atom. The van der Waals surface area contributed by atoms with Crippen LogP contribution >= 0.6 is 12.2 Å². The number of hydrogen-bond donors (Lipinski definition) is 2. The number of nitrogens with zero attached hydrogens (tertiary/aromatic N) is 3. The van der Waals surface area contributed by atoms with Gasteiger partial charge in [0.2, 0.25) is 5.91 Å². The minimum atomic E-state index is -0.0764. The average molecular weight is 420 g/mol. The fourth-order valence-corrected chi connectivity index (χ4v) is 4.16. The lowest BCUT2D eigenvalue weighted by molar-refractivity contribution is -0.116. The number of thiocarbonyl (C=S) groups is 1. The Bertz CT molecular complexity index is 1030. The number of aromatic nitrogens is 2. The van der Waals surface area contributed by atoms with Crippen LogP contribution in [0.15, 0.2) is 67.0 Å². The first-order valence-corrected chi connectivity index (χ1v) is 10.4. The lowest BCUT2D eigenvalue weighted by atomic mass is 10.0. The molecule has 1 saturated heterocycles. The molecule has 0 saturated carbocycles. The van der Waals surface area contributed by atoms with Crippen molar-refractivity contribution in [2.45, 2.75) is 25.4 Å². The van der Waals surface area contributed by atoms with Gasteiger partial charge in [-0.3, -0.25) is 9.78 Å². The minimum absolute atomic E-state index is 0.0337. The van der Waals surface area contributed by atoms with Gasteiger partial charge >= 0.3 is 0 Å². The molecule has 2 atom stereocenters. The first-order valence-electron chi connectivity index (χ1n) is 9.99. The molecule has 0 unspecified atom stereocenters. The lowest BCUT2D eigenvalue weighted by Gasteiger charge is -2.28. The quantitative estimate of drug-likeness (QED) is 0.596. The Morgan fingerprint density at radius 3 is 2.63 bits per heavy atom. The molecule has 1 aromatic carbocycles. The number of rotatable bonds is 6. The van der Waals surface area contributed by atoms with Crippen molar-refractivity contribution in [3.05, 3.63) is 83.9 Å². The van der Waals surface area contributed by atoms with Crippen molar-refractivity contribution in [1.29, 1.82) is 0 Å². The van der Waals surface area contributed by atoms with Gasteiger partial charge in [0.1, 0.15) is 0 Å². The molecule has 1 fully saturated rings. The fraction of sp³-hybridized carbons (Fsp3) is 0.261. The van der Waals surface area contributed by atoms with E-state index in [4.69, 9.17) is 12.2 Å². The predicted molar refractivity (Wildman–Crippen MR) is 122 cm³/mol. The highest BCUT2D eigenvalue weighted by Crippen LogP contribution is 2.38. The highest BCUT2D eigenvalue weighted by Gasteiger charge is 2.40. The van der Waals surface area contributed by atoms with Crippen molar-refractivity contribution in [2.75, 3.05) is 11.9 Å². The van der Waals surface area contributed by atoms with Crippen molar-refractivity contribution < 1.29 is 4.79 Å². The molecule has 0 spiro atoms. The number of aryl methyl sites for hydroxylation is 2. The fourth-order valence-electron chi connectivity index (χ4n) is 3.83. The van der Waals surface area contributed by atoms with E-state index in [-0.39, 0.29) is 18.0 Å². The normalized spacial score (nSPS) is 18.3. The second-order valence-corrected chi connectivity index (χ2v) is 7.91. The van der Waals surface area contributed by atoms with E-state index in [0.29, 0.717) is 18.1 Å². The summed E-state index contributed by atoms with van der Waals surface area (Å²) in [5, 5.41) is 7.02. The summed E-state index contributed by atoms with van der Waals surface area (Å²) < 4.78 is 2.09. The number of benzene rings is 1. The summed E-state index contributed by atoms with van der Waals surface area (Å²) in [6.45, 7) is 2.54. The Kier molecular flexibility index (Phi) is 5.81. The van der Waals surface area contributed by atoms with Gasteiger partial charge in [-0.05, 0) is 55.5 Å². The molecule has 6 nitrogen and oxygen atoms in total. The Labute approximate surface area is 181 Å². The van der Waals surface area contributed by atoms with Gasteiger partial charge in [0.25, 0.3) is 0 Å². The molecule has 3 heterocycles. The van der Waals surface area contributed by atoms with E-state index >= 15 is 0 Å². The summed E-state index contributed by atoms with van der Waals surface area (Å²) in [7, 11) is 2.02.